The lowest BCUT2D eigenvalue weighted by atomic mass is 10.0. The van der Waals surface area contributed by atoms with E-state index in [2.05, 4.69) is 85.7 Å². The van der Waals surface area contributed by atoms with Gasteiger partial charge in [0, 0.05) is 0 Å². The van der Waals surface area contributed by atoms with Crippen LogP contribution in [-0.4, -0.2) is 22.4 Å². The van der Waals surface area contributed by atoms with Gasteiger partial charge in [-0.25, -0.2) is 0 Å². The molecule has 0 bridgehead atoms. The molecule has 2 heteroatoms. The molecule has 0 saturated carbocycles. The summed E-state index contributed by atoms with van der Waals surface area (Å²) in [7, 11) is 0. The van der Waals surface area contributed by atoms with Crippen molar-refractivity contribution in [2.24, 2.45) is 5.92 Å². The van der Waals surface area contributed by atoms with Crippen molar-refractivity contribution >= 4 is 0 Å². The number of hydrogen-bond donors (Lipinski definition) is 2. The van der Waals surface area contributed by atoms with Crippen LogP contribution in [0.25, 0.3) is 0 Å². The van der Waals surface area contributed by atoms with Crippen LogP contribution in [0.5, 0.6) is 0 Å². The maximum absolute atomic E-state index is 8.55. The van der Waals surface area contributed by atoms with Crippen LogP contribution in [0.4, 0.5) is 0 Å². The van der Waals surface area contributed by atoms with Crippen LogP contribution >= 0.6 is 0 Å². The fraction of sp³-hybridized carbons (Fsp3) is 0.617. The zero-order valence-electron chi connectivity index (χ0n) is 28.6. The molecule has 2 unspecified atom stereocenters. The van der Waals surface area contributed by atoms with E-state index in [0.29, 0.717) is 0 Å². The number of rotatable bonds is 7. The average molecular weight is 697 g/mol. The molecule has 0 aromatic heterocycles. The highest BCUT2D eigenvalue weighted by molar-refractivity contribution is 5.14. The smallest absolute Gasteiger partial charge is 0.0512 e. The van der Waals surface area contributed by atoms with E-state index in [1.54, 1.807) is 0 Å². The molecule has 300 valence electrons. The summed E-state index contributed by atoms with van der Waals surface area (Å²) in [5.74, 6) is 0.815. The molecular weight excluding hydrogens is 597 g/mol. The third kappa shape index (κ3) is 106. The minimum Gasteiger partial charge on any atom is -0.393 e. The van der Waals surface area contributed by atoms with Crippen molar-refractivity contribution in [2.45, 2.75) is 192 Å². The van der Waals surface area contributed by atoms with Crippen molar-refractivity contribution in [2.75, 3.05) is 0 Å². The highest BCUT2D eigenvalue weighted by Crippen LogP contribution is 2.07. The average Bonchev–Trinajstić information content (AvgIpc) is 2.96. The molecule has 49 heavy (non-hydrogen) atoms. The SMILES string of the molecule is C.C.C.C.C.C.C.C.CC(C)CCc1ccccc1.CCC.CCC.CCCC(C)O.CCCC(C)O.c1ccccc1.c1ccccc1. The third-order valence-electron chi connectivity index (χ3n) is 4.60. The normalized spacial score (nSPS) is 8.59. The number of aliphatic hydroxyl groups is 2. The van der Waals surface area contributed by atoms with Crippen molar-refractivity contribution in [3.8, 4) is 0 Å². The molecule has 0 fully saturated rings. The highest BCUT2D eigenvalue weighted by atomic mass is 16.3. The Bertz CT molecular complexity index is 644. The van der Waals surface area contributed by atoms with Gasteiger partial charge in [0.25, 0.3) is 0 Å². The molecule has 0 saturated heterocycles. The van der Waals surface area contributed by atoms with E-state index in [-0.39, 0.29) is 71.6 Å². The van der Waals surface area contributed by atoms with Crippen molar-refractivity contribution in [3.63, 3.8) is 0 Å². The molecule has 2 atom stereocenters. The Morgan fingerprint density at radius 1 is 0.388 bits per heavy atom. The van der Waals surface area contributed by atoms with E-state index in [1.807, 2.05) is 86.6 Å². The van der Waals surface area contributed by atoms with Crippen LogP contribution < -0.4 is 0 Å². The van der Waals surface area contributed by atoms with Gasteiger partial charge in [-0.2, -0.15) is 0 Å². The molecule has 3 aromatic carbocycles. The number of aliphatic hydroxyl groups excluding tert-OH is 2. The molecule has 0 heterocycles. The Kier molecular flexibility index (Phi) is 125. The van der Waals surface area contributed by atoms with Crippen LogP contribution in [0, 0.1) is 5.92 Å². The van der Waals surface area contributed by atoms with Gasteiger partial charge < -0.3 is 10.2 Å². The van der Waals surface area contributed by atoms with Gasteiger partial charge in [-0.1, -0.05) is 244 Å². The first-order valence-corrected chi connectivity index (χ1v) is 16.1. The number of benzene rings is 3. The summed E-state index contributed by atoms with van der Waals surface area (Å²) in [6.07, 6.45) is 8.84. The third-order valence-corrected chi connectivity index (χ3v) is 4.60. The second-order valence-electron chi connectivity index (χ2n) is 10.4. The van der Waals surface area contributed by atoms with E-state index in [1.165, 1.54) is 31.2 Å². The van der Waals surface area contributed by atoms with Crippen LogP contribution in [0.2, 0.25) is 0 Å². The summed E-state index contributed by atoms with van der Waals surface area (Å²) >= 11 is 0. The highest BCUT2D eigenvalue weighted by Gasteiger charge is 1.94. The summed E-state index contributed by atoms with van der Waals surface area (Å²) in [4.78, 5) is 0. The zero-order chi connectivity index (χ0) is 32.0. The van der Waals surface area contributed by atoms with Crippen LogP contribution in [0.1, 0.15) is 179 Å². The predicted octanol–water partition coefficient (Wildman–Crippen LogP) is 16.9. The van der Waals surface area contributed by atoms with Crippen molar-refractivity contribution in [3.05, 3.63) is 109 Å². The van der Waals surface area contributed by atoms with Crippen molar-refractivity contribution in [1.29, 1.82) is 0 Å². The summed E-state index contributed by atoms with van der Waals surface area (Å²) in [6, 6.07) is 34.7. The number of hydrogen-bond acceptors (Lipinski definition) is 2. The van der Waals surface area contributed by atoms with Gasteiger partial charge in [0.15, 0.2) is 0 Å². The van der Waals surface area contributed by atoms with Crippen LogP contribution in [0.15, 0.2) is 103 Å². The Morgan fingerprint density at radius 3 is 0.735 bits per heavy atom. The van der Waals surface area contributed by atoms with E-state index >= 15 is 0 Å². The molecule has 3 aromatic rings. The molecule has 0 aliphatic heterocycles. The zero-order valence-corrected chi connectivity index (χ0v) is 28.6. The Labute approximate surface area is 316 Å². The van der Waals surface area contributed by atoms with Crippen LogP contribution in [0.3, 0.4) is 0 Å². The molecular formula is C47H100O2. The molecule has 0 spiro atoms. The molecule has 3 rings (SSSR count). The van der Waals surface area contributed by atoms with Crippen molar-refractivity contribution < 1.29 is 10.2 Å². The monoisotopic (exact) mass is 697 g/mol. The largest absolute Gasteiger partial charge is 0.393 e. The second-order valence-corrected chi connectivity index (χ2v) is 10.4. The summed E-state index contributed by atoms with van der Waals surface area (Å²) in [5.41, 5.74) is 1.46. The van der Waals surface area contributed by atoms with E-state index < -0.39 is 0 Å². The lowest BCUT2D eigenvalue weighted by molar-refractivity contribution is 0.183. The molecule has 2 nitrogen and oxygen atoms in total. The lowest BCUT2D eigenvalue weighted by Gasteiger charge is -2.03. The molecule has 0 aliphatic rings. The van der Waals surface area contributed by atoms with E-state index in [0.717, 1.165) is 31.6 Å². The van der Waals surface area contributed by atoms with Gasteiger partial charge in [-0.05, 0) is 51.0 Å². The quantitative estimate of drug-likeness (QED) is 0.258. The fourth-order valence-electron chi connectivity index (χ4n) is 2.71. The van der Waals surface area contributed by atoms with Crippen LogP contribution in [-0.2, 0) is 6.42 Å². The summed E-state index contributed by atoms with van der Waals surface area (Å²) in [5, 5.41) is 17.1. The molecule has 2 N–H and O–H groups in total. The fourth-order valence-corrected chi connectivity index (χ4v) is 2.71. The minimum absolute atomic E-state index is 0. The first kappa shape index (κ1) is 80.9. The topological polar surface area (TPSA) is 40.5 Å². The number of aryl methyl sites for hydroxylation is 1. The van der Waals surface area contributed by atoms with E-state index in [4.69, 9.17) is 10.2 Å². The molecule has 0 radical (unpaired) electrons. The van der Waals surface area contributed by atoms with Crippen molar-refractivity contribution in [1.82, 2.24) is 0 Å². The summed E-state index contributed by atoms with van der Waals surface area (Å²) < 4.78 is 0. The van der Waals surface area contributed by atoms with Gasteiger partial charge in [0.2, 0.25) is 0 Å². The first-order chi connectivity index (χ1) is 19.7. The van der Waals surface area contributed by atoms with E-state index in [9.17, 15) is 0 Å². The maximum Gasteiger partial charge on any atom is 0.0512 e. The molecule has 0 aliphatic carbocycles. The van der Waals surface area contributed by atoms with Gasteiger partial charge in [0.05, 0.1) is 12.2 Å². The standard InChI is InChI=1S/C11H16.2C6H6.2C5H12O.2C3H8.8CH4/c1-10(2)8-9-11-6-4-3-5-7-11;2*1-2-4-6-5-3-1;2*1-3-4-5(2)6;2*1-3-2;;;;;;;;/h3-7,10H,8-9H2,1-2H3;2*1-6H;2*5-6H,3-4H2,1-2H3;2*3H2,1-2H3;8*1H4. The first-order valence-electron chi connectivity index (χ1n) is 16.1. The van der Waals surface area contributed by atoms with Gasteiger partial charge in [-0.15, -0.1) is 0 Å². The van der Waals surface area contributed by atoms with Gasteiger partial charge in [-0.3, -0.25) is 0 Å². The Hall–Kier alpha value is -2.42. The Balaban J connectivity index is -0.0000000329. The Morgan fingerprint density at radius 2 is 0.592 bits per heavy atom. The second kappa shape index (κ2) is 75.8. The minimum atomic E-state index is -0.102. The maximum atomic E-state index is 8.55. The van der Waals surface area contributed by atoms with Gasteiger partial charge >= 0.3 is 0 Å². The predicted molar refractivity (Wildman–Crippen MR) is 241 cm³/mol. The van der Waals surface area contributed by atoms with Gasteiger partial charge in [0.1, 0.15) is 0 Å². The molecule has 0 amide bonds. The lowest BCUT2D eigenvalue weighted by Crippen LogP contribution is -1.95. The summed E-state index contributed by atoms with van der Waals surface area (Å²) in [6.45, 7) is 20.8.